The van der Waals surface area contributed by atoms with E-state index in [1.807, 2.05) is 50.2 Å². The van der Waals surface area contributed by atoms with Crippen LogP contribution in [0.5, 0.6) is 0 Å². The van der Waals surface area contributed by atoms with Crippen molar-refractivity contribution >= 4 is 11.8 Å². The zero-order valence-electron chi connectivity index (χ0n) is 14.6. The molecule has 1 aromatic carbocycles. The molecule has 0 fully saturated rings. The molecule has 0 amide bonds. The zero-order chi connectivity index (χ0) is 18.5. The molecule has 0 aliphatic heterocycles. The van der Waals surface area contributed by atoms with Crippen molar-refractivity contribution in [3.8, 4) is 0 Å². The van der Waals surface area contributed by atoms with Crippen molar-refractivity contribution in [1.29, 1.82) is 0 Å². The summed E-state index contributed by atoms with van der Waals surface area (Å²) in [5, 5.41) is 10.4. The van der Waals surface area contributed by atoms with Crippen LogP contribution in [0, 0.1) is 13.8 Å². The molecule has 0 N–H and O–H groups in total. The molecule has 0 radical (unpaired) electrons. The lowest BCUT2D eigenvalue weighted by atomic mass is 10.1. The van der Waals surface area contributed by atoms with E-state index in [0.29, 0.717) is 12.1 Å². The number of tetrazole rings is 1. The Morgan fingerprint density at radius 1 is 1.15 bits per heavy atom. The first kappa shape index (κ1) is 17.5. The highest BCUT2D eigenvalue weighted by Crippen LogP contribution is 2.18. The minimum absolute atomic E-state index is 0.132. The van der Waals surface area contributed by atoms with Crippen LogP contribution in [-0.2, 0) is 22.6 Å². The molecule has 8 nitrogen and oxygen atoms in total. The molecule has 0 unspecified atom stereocenters. The largest absolute Gasteiger partial charge is 0.456 e. The molecule has 0 bridgehead atoms. The first-order chi connectivity index (χ1) is 12.5. The van der Waals surface area contributed by atoms with Gasteiger partial charge in [0, 0.05) is 23.5 Å². The summed E-state index contributed by atoms with van der Waals surface area (Å²) in [7, 11) is 0. The normalized spacial score (nSPS) is 10.7. The lowest BCUT2D eigenvalue weighted by Crippen LogP contribution is -2.19. The van der Waals surface area contributed by atoms with E-state index in [-0.39, 0.29) is 18.9 Å². The summed E-state index contributed by atoms with van der Waals surface area (Å²) in [5.41, 5.74) is 3.55. The molecule has 0 atom stereocenters. The maximum absolute atomic E-state index is 12.5. The standard InChI is InChI=1S/C18H19N5O3/c1-13-8-16(14(2)23(13)9-15-6-4-3-5-7-15)17(24)11-26-18(25)10-22-12-19-20-21-22/h3-8,12H,9-11H2,1-2H3. The third-order valence-electron chi connectivity index (χ3n) is 4.10. The van der Waals surface area contributed by atoms with Crippen molar-refractivity contribution in [2.45, 2.75) is 26.9 Å². The maximum Gasteiger partial charge on any atom is 0.328 e. The van der Waals surface area contributed by atoms with E-state index >= 15 is 0 Å². The van der Waals surface area contributed by atoms with E-state index in [4.69, 9.17) is 4.74 Å². The van der Waals surface area contributed by atoms with Crippen molar-refractivity contribution in [1.82, 2.24) is 24.8 Å². The molecule has 0 aliphatic rings. The van der Waals surface area contributed by atoms with Crippen LogP contribution in [0.3, 0.4) is 0 Å². The molecule has 2 heterocycles. The quantitative estimate of drug-likeness (QED) is 0.473. The molecule has 8 heteroatoms. The van der Waals surface area contributed by atoms with Gasteiger partial charge in [-0.25, -0.2) is 4.68 Å². The van der Waals surface area contributed by atoms with Gasteiger partial charge in [-0.3, -0.25) is 9.59 Å². The minimum atomic E-state index is -0.566. The number of nitrogens with zero attached hydrogens (tertiary/aromatic N) is 5. The molecule has 3 rings (SSSR count). The van der Waals surface area contributed by atoms with Gasteiger partial charge in [-0.2, -0.15) is 0 Å². The maximum atomic E-state index is 12.5. The van der Waals surface area contributed by atoms with Gasteiger partial charge in [-0.05, 0) is 35.9 Å². The predicted octanol–water partition coefficient (Wildman–Crippen LogP) is 1.57. The fraction of sp³-hybridized carbons (Fsp3) is 0.278. The van der Waals surface area contributed by atoms with Crippen molar-refractivity contribution in [2.24, 2.45) is 0 Å². The van der Waals surface area contributed by atoms with E-state index < -0.39 is 5.97 Å². The zero-order valence-corrected chi connectivity index (χ0v) is 14.6. The van der Waals surface area contributed by atoms with E-state index in [1.54, 1.807) is 0 Å². The molecule has 0 spiro atoms. The van der Waals surface area contributed by atoms with Crippen molar-refractivity contribution in [2.75, 3.05) is 6.61 Å². The number of aryl methyl sites for hydroxylation is 1. The Bertz CT molecular complexity index is 901. The van der Waals surface area contributed by atoms with E-state index in [1.165, 1.54) is 11.0 Å². The number of hydrogen-bond acceptors (Lipinski definition) is 6. The predicted molar refractivity (Wildman–Crippen MR) is 92.6 cm³/mol. The highest BCUT2D eigenvalue weighted by Gasteiger charge is 2.17. The first-order valence-corrected chi connectivity index (χ1v) is 8.15. The summed E-state index contributed by atoms with van der Waals surface area (Å²) in [6.45, 7) is 4.09. The molecule has 134 valence electrons. The van der Waals surface area contributed by atoms with Crippen molar-refractivity contribution < 1.29 is 14.3 Å². The number of carbonyl (C=O) groups is 2. The minimum Gasteiger partial charge on any atom is -0.456 e. The first-order valence-electron chi connectivity index (χ1n) is 8.15. The monoisotopic (exact) mass is 353 g/mol. The Morgan fingerprint density at radius 2 is 1.92 bits per heavy atom. The summed E-state index contributed by atoms with van der Waals surface area (Å²) in [4.78, 5) is 24.2. The fourth-order valence-electron chi connectivity index (χ4n) is 2.75. The Morgan fingerprint density at radius 3 is 2.62 bits per heavy atom. The van der Waals surface area contributed by atoms with E-state index in [9.17, 15) is 9.59 Å². The van der Waals surface area contributed by atoms with Gasteiger partial charge >= 0.3 is 5.97 Å². The summed E-state index contributed by atoms with van der Waals surface area (Å²) < 4.78 is 8.35. The Balaban J connectivity index is 1.64. The number of carbonyl (C=O) groups excluding carboxylic acids is 2. The molecule has 26 heavy (non-hydrogen) atoms. The molecule has 0 saturated heterocycles. The van der Waals surface area contributed by atoms with E-state index in [0.717, 1.165) is 17.0 Å². The van der Waals surface area contributed by atoms with Crippen LogP contribution >= 0.6 is 0 Å². The third-order valence-corrected chi connectivity index (χ3v) is 4.10. The second kappa shape index (κ2) is 7.73. The van der Waals surface area contributed by atoms with Gasteiger partial charge in [0.1, 0.15) is 12.9 Å². The summed E-state index contributed by atoms with van der Waals surface area (Å²) >= 11 is 0. The third kappa shape index (κ3) is 4.02. The van der Waals surface area contributed by atoms with Crippen LogP contribution in [0.15, 0.2) is 42.7 Å². The summed E-state index contributed by atoms with van der Waals surface area (Å²) in [5.74, 6) is -0.800. The average molecular weight is 353 g/mol. The number of ketones is 1. The summed E-state index contributed by atoms with van der Waals surface area (Å²) in [6, 6.07) is 11.9. The number of ether oxygens (including phenoxy) is 1. The van der Waals surface area contributed by atoms with Gasteiger partial charge in [-0.1, -0.05) is 30.3 Å². The number of benzene rings is 1. The molecule has 0 aliphatic carbocycles. The van der Waals surface area contributed by atoms with Gasteiger partial charge in [0.05, 0.1) is 0 Å². The summed E-state index contributed by atoms with van der Waals surface area (Å²) in [6.07, 6.45) is 1.31. The molecule has 3 aromatic rings. The lowest BCUT2D eigenvalue weighted by Gasteiger charge is -2.10. The Hall–Kier alpha value is -3.29. The van der Waals surface area contributed by atoms with Crippen molar-refractivity contribution in [3.63, 3.8) is 0 Å². The van der Waals surface area contributed by atoms with Crippen LogP contribution in [0.1, 0.15) is 27.3 Å². The fourth-order valence-corrected chi connectivity index (χ4v) is 2.75. The smallest absolute Gasteiger partial charge is 0.328 e. The number of hydrogen-bond donors (Lipinski definition) is 0. The average Bonchev–Trinajstić information content (AvgIpc) is 3.24. The number of esters is 1. The molecule has 0 saturated carbocycles. The van der Waals surface area contributed by atoms with Crippen LogP contribution in [-0.4, -0.2) is 43.1 Å². The molecule has 2 aromatic heterocycles. The van der Waals surface area contributed by atoms with Gasteiger partial charge in [0.2, 0.25) is 5.78 Å². The van der Waals surface area contributed by atoms with Gasteiger partial charge in [0.15, 0.2) is 6.61 Å². The van der Waals surface area contributed by atoms with Gasteiger partial charge < -0.3 is 9.30 Å². The van der Waals surface area contributed by atoms with Crippen LogP contribution in [0.4, 0.5) is 0 Å². The van der Waals surface area contributed by atoms with Crippen LogP contribution in [0.2, 0.25) is 0 Å². The number of rotatable bonds is 7. The van der Waals surface area contributed by atoms with Gasteiger partial charge in [0.25, 0.3) is 0 Å². The SMILES string of the molecule is Cc1cc(C(=O)COC(=O)Cn2cnnn2)c(C)n1Cc1ccccc1. The van der Waals surface area contributed by atoms with Crippen molar-refractivity contribution in [3.05, 3.63) is 65.2 Å². The Labute approximate surface area is 150 Å². The number of Topliss-reactive ketones (excluding diaryl/α,β-unsaturated/α-hetero) is 1. The second-order valence-corrected chi connectivity index (χ2v) is 5.95. The molecular weight excluding hydrogens is 334 g/mol. The topological polar surface area (TPSA) is 91.9 Å². The highest BCUT2D eigenvalue weighted by molar-refractivity contribution is 5.99. The van der Waals surface area contributed by atoms with Gasteiger partial charge in [-0.15, -0.1) is 5.10 Å². The van der Waals surface area contributed by atoms with Crippen LogP contribution < -0.4 is 0 Å². The molecular formula is C18H19N5O3. The highest BCUT2D eigenvalue weighted by atomic mass is 16.5. The number of aromatic nitrogens is 5. The van der Waals surface area contributed by atoms with Crippen LogP contribution in [0.25, 0.3) is 0 Å². The second-order valence-electron chi connectivity index (χ2n) is 5.95. The lowest BCUT2D eigenvalue weighted by molar-refractivity contribution is -0.143. The Kier molecular flexibility index (Phi) is 5.21. The van der Waals surface area contributed by atoms with E-state index in [2.05, 4.69) is 20.1 Å².